The van der Waals surface area contributed by atoms with Crippen LogP contribution in [0.2, 0.25) is 0 Å². The van der Waals surface area contributed by atoms with E-state index in [9.17, 15) is 4.79 Å². The summed E-state index contributed by atoms with van der Waals surface area (Å²) in [6.07, 6.45) is 1.62. The molecule has 2 rings (SSSR count). The number of rotatable bonds is 5. The Kier molecular flexibility index (Phi) is 7.08. The number of hydrogen-bond acceptors (Lipinski definition) is 4. The Bertz CT molecular complexity index is 713. The molecule has 1 heterocycles. The number of nitrogens with two attached hydrogens (primary N) is 1. The monoisotopic (exact) mass is 337 g/mol. The number of anilines is 1. The largest absolute Gasteiger partial charge is 0.497 e. The van der Waals surface area contributed by atoms with Crippen LogP contribution in [-0.4, -0.2) is 23.0 Å². The Labute approximate surface area is 140 Å². The van der Waals surface area contributed by atoms with Gasteiger partial charge < -0.3 is 15.8 Å². The molecule has 1 aromatic heterocycles. The maximum absolute atomic E-state index is 11.6. The summed E-state index contributed by atoms with van der Waals surface area (Å²) in [5, 5.41) is 2.92. The second-order valence-electron chi connectivity index (χ2n) is 4.66. The molecule has 0 aliphatic heterocycles. The highest BCUT2D eigenvalue weighted by molar-refractivity contribution is 5.93. The highest BCUT2D eigenvalue weighted by atomic mass is 35.5. The van der Waals surface area contributed by atoms with Crippen LogP contribution in [0.1, 0.15) is 19.0 Å². The molecule has 0 spiro atoms. The second kappa shape index (κ2) is 8.79. The molecular weight excluding hydrogens is 318 g/mol. The number of halogens is 1. The van der Waals surface area contributed by atoms with Crippen molar-refractivity contribution in [1.29, 1.82) is 0 Å². The van der Waals surface area contributed by atoms with Crippen molar-refractivity contribution >= 4 is 30.0 Å². The van der Waals surface area contributed by atoms with Crippen LogP contribution in [0.15, 0.2) is 40.1 Å². The third-order valence-electron chi connectivity index (χ3n) is 2.88. The summed E-state index contributed by atoms with van der Waals surface area (Å²) in [7, 11) is 1.60. The van der Waals surface area contributed by atoms with Gasteiger partial charge in [0.25, 0.3) is 5.56 Å². The Morgan fingerprint density at radius 2 is 2.09 bits per heavy atom. The van der Waals surface area contributed by atoms with Gasteiger partial charge in [-0.05, 0) is 30.7 Å². The van der Waals surface area contributed by atoms with E-state index in [0.717, 1.165) is 24.3 Å². The minimum atomic E-state index is -0.241. The SMILES string of the molecule is CCCc1cc(=O)[nH]c(N=C(N)Nc2ccc(OC)cc2)n1.Cl. The number of methoxy groups -OCH3 is 1. The lowest BCUT2D eigenvalue weighted by molar-refractivity contribution is 0.415. The maximum Gasteiger partial charge on any atom is 0.252 e. The van der Waals surface area contributed by atoms with Crippen molar-refractivity contribution < 1.29 is 4.74 Å². The molecule has 8 heteroatoms. The quantitative estimate of drug-likeness (QED) is 0.573. The van der Waals surface area contributed by atoms with Crippen LogP contribution < -0.4 is 21.3 Å². The molecule has 0 aliphatic carbocycles. The standard InChI is InChI=1S/C15H19N5O2.ClH/c1-3-4-11-9-13(21)19-15(18-11)20-14(16)17-10-5-7-12(22-2)8-6-10;/h5-9H,3-4H2,1-2H3,(H4,16,17,18,19,20,21);1H. The van der Waals surface area contributed by atoms with Crippen LogP contribution >= 0.6 is 12.4 Å². The van der Waals surface area contributed by atoms with Gasteiger partial charge in [0, 0.05) is 17.4 Å². The number of aromatic nitrogens is 2. The lowest BCUT2D eigenvalue weighted by atomic mass is 10.2. The molecule has 0 amide bonds. The molecule has 0 aliphatic rings. The average Bonchev–Trinajstić information content (AvgIpc) is 2.47. The molecule has 0 saturated heterocycles. The van der Waals surface area contributed by atoms with E-state index in [-0.39, 0.29) is 29.9 Å². The van der Waals surface area contributed by atoms with Gasteiger partial charge >= 0.3 is 0 Å². The number of nitrogens with zero attached hydrogens (tertiary/aromatic N) is 2. The Morgan fingerprint density at radius 1 is 1.39 bits per heavy atom. The zero-order valence-corrected chi connectivity index (χ0v) is 13.8. The molecule has 2 aromatic rings. The van der Waals surface area contributed by atoms with Gasteiger partial charge in [0.15, 0.2) is 0 Å². The predicted octanol–water partition coefficient (Wildman–Crippen LogP) is 2.21. The zero-order valence-electron chi connectivity index (χ0n) is 13.0. The Balaban J connectivity index is 0.00000264. The molecule has 124 valence electrons. The molecule has 0 atom stereocenters. The van der Waals surface area contributed by atoms with Gasteiger partial charge in [-0.2, -0.15) is 4.99 Å². The molecular formula is C15H20ClN5O2. The molecule has 0 fully saturated rings. The molecule has 4 N–H and O–H groups in total. The maximum atomic E-state index is 11.6. The van der Waals surface area contributed by atoms with Crippen molar-refractivity contribution in [2.75, 3.05) is 12.4 Å². The molecule has 1 aromatic carbocycles. The minimum absolute atomic E-state index is 0. The van der Waals surface area contributed by atoms with Crippen LogP contribution in [0.5, 0.6) is 5.75 Å². The lowest BCUT2D eigenvalue weighted by Crippen LogP contribution is -2.22. The van der Waals surface area contributed by atoms with Crippen molar-refractivity contribution in [2.45, 2.75) is 19.8 Å². The summed E-state index contributed by atoms with van der Waals surface area (Å²) < 4.78 is 5.08. The zero-order chi connectivity index (χ0) is 15.9. The number of nitrogens with one attached hydrogen (secondary N) is 2. The van der Waals surface area contributed by atoms with Crippen LogP contribution in [0, 0.1) is 0 Å². The molecule has 0 bridgehead atoms. The molecule has 0 unspecified atom stereocenters. The number of hydrogen-bond donors (Lipinski definition) is 3. The summed E-state index contributed by atoms with van der Waals surface area (Å²) in [5.74, 6) is 1.08. The highest BCUT2D eigenvalue weighted by Gasteiger charge is 2.02. The Hall–Kier alpha value is -2.54. The first kappa shape index (κ1) is 18.5. The van der Waals surface area contributed by atoms with Crippen molar-refractivity contribution in [3.05, 3.63) is 46.4 Å². The van der Waals surface area contributed by atoms with E-state index in [1.165, 1.54) is 6.07 Å². The van der Waals surface area contributed by atoms with Gasteiger partial charge in [-0.3, -0.25) is 9.78 Å². The van der Waals surface area contributed by atoms with E-state index >= 15 is 0 Å². The fourth-order valence-electron chi connectivity index (χ4n) is 1.90. The van der Waals surface area contributed by atoms with E-state index in [0.29, 0.717) is 5.69 Å². The van der Waals surface area contributed by atoms with Crippen LogP contribution in [0.3, 0.4) is 0 Å². The first-order chi connectivity index (χ1) is 10.6. The smallest absolute Gasteiger partial charge is 0.252 e. The van der Waals surface area contributed by atoms with E-state index < -0.39 is 0 Å². The molecule has 0 radical (unpaired) electrons. The molecule has 7 nitrogen and oxygen atoms in total. The number of aliphatic imine (C=N–C) groups is 1. The fourth-order valence-corrected chi connectivity index (χ4v) is 1.90. The first-order valence-corrected chi connectivity index (χ1v) is 6.96. The summed E-state index contributed by atoms with van der Waals surface area (Å²) in [4.78, 5) is 22.4. The first-order valence-electron chi connectivity index (χ1n) is 6.96. The molecule has 0 saturated carbocycles. The van der Waals surface area contributed by atoms with Crippen molar-refractivity contribution in [3.63, 3.8) is 0 Å². The summed E-state index contributed by atoms with van der Waals surface area (Å²) >= 11 is 0. The molecule has 23 heavy (non-hydrogen) atoms. The van der Waals surface area contributed by atoms with Gasteiger partial charge in [-0.15, -0.1) is 12.4 Å². The number of aromatic amines is 1. The van der Waals surface area contributed by atoms with E-state index in [2.05, 4.69) is 20.3 Å². The lowest BCUT2D eigenvalue weighted by Gasteiger charge is -2.06. The third kappa shape index (κ3) is 5.63. The van der Waals surface area contributed by atoms with Crippen molar-refractivity contribution in [1.82, 2.24) is 9.97 Å². The van der Waals surface area contributed by atoms with Crippen LogP contribution in [0.25, 0.3) is 0 Å². The summed E-state index contributed by atoms with van der Waals surface area (Å²) in [6.45, 7) is 2.02. The van der Waals surface area contributed by atoms with Gasteiger partial charge in [-0.25, -0.2) is 4.98 Å². The van der Waals surface area contributed by atoms with Gasteiger partial charge in [0.1, 0.15) is 5.75 Å². The number of aryl methyl sites for hydroxylation is 1. The van der Waals surface area contributed by atoms with E-state index in [1.807, 2.05) is 19.1 Å². The average molecular weight is 338 g/mol. The third-order valence-corrected chi connectivity index (χ3v) is 2.88. The van der Waals surface area contributed by atoms with Crippen molar-refractivity contribution in [2.24, 2.45) is 10.7 Å². The van der Waals surface area contributed by atoms with Crippen LogP contribution in [-0.2, 0) is 6.42 Å². The Morgan fingerprint density at radius 3 is 2.70 bits per heavy atom. The van der Waals surface area contributed by atoms with Crippen LogP contribution in [0.4, 0.5) is 11.6 Å². The summed E-state index contributed by atoms with van der Waals surface area (Å²) in [5.41, 5.74) is 7.04. The van der Waals surface area contributed by atoms with E-state index in [1.54, 1.807) is 19.2 Å². The van der Waals surface area contributed by atoms with E-state index in [4.69, 9.17) is 10.5 Å². The van der Waals surface area contributed by atoms with Crippen molar-refractivity contribution in [3.8, 4) is 5.75 Å². The summed E-state index contributed by atoms with van der Waals surface area (Å²) in [6, 6.07) is 8.70. The van der Waals surface area contributed by atoms with Gasteiger partial charge in [-0.1, -0.05) is 13.3 Å². The predicted molar refractivity (Wildman–Crippen MR) is 94.0 cm³/mol. The number of ether oxygens (including phenoxy) is 1. The number of benzene rings is 1. The topological polar surface area (TPSA) is 105 Å². The minimum Gasteiger partial charge on any atom is -0.497 e. The fraction of sp³-hybridized carbons (Fsp3) is 0.267. The van der Waals surface area contributed by atoms with Gasteiger partial charge in [0.05, 0.1) is 7.11 Å². The normalized spacial score (nSPS) is 10.8. The second-order valence-corrected chi connectivity index (χ2v) is 4.66. The highest BCUT2D eigenvalue weighted by Crippen LogP contribution is 2.15. The van der Waals surface area contributed by atoms with Gasteiger partial charge in [0.2, 0.25) is 11.9 Å². The number of guanidine groups is 1. The number of H-pyrrole nitrogens is 1.